The Morgan fingerprint density at radius 2 is 1.84 bits per heavy atom. The van der Waals surface area contributed by atoms with Gasteiger partial charge in [-0.05, 0) is 37.1 Å². The molecule has 2 amide bonds. The summed E-state index contributed by atoms with van der Waals surface area (Å²) in [5.41, 5.74) is 1.39. The highest BCUT2D eigenvalue weighted by Crippen LogP contribution is 2.38. The smallest absolute Gasteiger partial charge is 0.322 e. The Morgan fingerprint density at radius 3 is 2.55 bits per heavy atom. The summed E-state index contributed by atoms with van der Waals surface area (Å²) in [7, 11) is 3.16. The molecule has 162 valence electrons. The third kappa shape index (κ3) is 3.80. The van der Waals surface area contributed by atoms with Gasteiger partial charge in [0.25, 0.3) is 0 Å². The van der Waals surface area contributed by atoms with Crippen LogP contribution in [0.5, 0.6) is 11.5 Å². The van der Waals surface area contributed by atoms with E-state index in [-0.39, 0.29) is 6.03 Å². The van der Waals surface area contributed by atoms with Crippen molar-refractivity contribution in [3.05, 3.63) is 36.2 Å². The first-order chi connectivity index (χ1) is 15.2. The fourth-order valence-corrected chi connectivity index (χ4v) is 3.80. The lowest BCUT2D eigenvalue weighted by Gasteiger charge is -2.35. The number of piperazine rings is 1. The van der Waals surface area contributed by atoms with Crippen LogP contribution in [0.3, 0.4) is 0 Å². The number of fused-ring (bicyclic) bond motifs is 1. The number of benzene rings is 1. The van der Waals surface area contributed by atoms with E-state index in [1.54, 1.807) is 37.3 Å². The van der Waals surface area contributed by atoms with Crippen LogP contribution in [0, 0.1) is 0 Å². The molecule has 31 heavy (non-hydrogen) atoms. The predicted molar refractivity (Wildman–Crippen MR) is 115 cm³/mol. The fraction of sp³-hybridized carbons (Fsp3) is 0.429. The molecule has 1 saturated carbocycles. The number of hydrogen-bond donors (Lipinski definition) is 1. The molecule has 0 radical (unpaired) electrons. The number of ether oxygens (including phenoxy) is 2. The molecule has 0 unspecified atom stereocenters. The number of urea groups is 1. The molecule has 10 heteroatoms. The van der Waals surface area contributed by atoms with Crippen LogP contribution >= 0.6 is 0 Å². The number of carbonyl (C=O) groups excluding carboxylic acids is 1. The molecule has 3 heterocycles. The summed E-state index contributed by atoms with van der Waals surface area (Å²) in [6.45, 7) is 2.60. The molecule has 1 aliphatic heterocycles. The SMILES string of the molecule is COc1ccc(NC(=O)N2CCN(c3ccc4nnc(C5CC5)n4n3)CC2)c(OC)c1. The Morgan fingerprint density at radius 1 is 1.03 bits per heavy atom. The number of methoxy groups -OCH3 is 2. The second kappa shape index (κ2) is 7.93. The summed E-state index contributed by atoms with van der Waals surface area (Å²) in [6, 6.07) is 9.09. The topological polar surface area (TPSA) is 97.1 Å². The Labute approximate surface area is 179 Å². The zero-order valence-electron chi connectivity index (χ0n) is 17.6. The molecule has 0 atom stereocenters. The van der Waals surface area contributed by atoms with Crippen molar-refractivity contribution in [1.29, 1.82) is 0 Å². The van der Waals surface area contributed by atoms with Gasteiger partial charge >= 0.3 is 6.03 Å². The van der Waals surface area contributed by atoms with E-state index < -0.39 is 0 Å². The van der Waals surface area contributed by atoms with Crippen LogP contribution in [0.1, 0.15) is 24.6 Å². The van der Waals surface area contributed by atoms with E-state index in [9.17, 15) is 4.79 Å². The first-order valence-corrected chi connectivity index (χ1v) is 10.4. The van der Waals surface area contributed by atoms with Crippen LogP contribution in [0.2, 0.25) is 0 Å². The minimum atomic E-state index is -0.152. The van der Waals surface area contributed by atoms with E-state index in [4.69, 9.17) is 14.6 Å². The van der Waals surface area contributed by atoms with Gasteiger partial charge in [0.05, 0.1) is 19.9 Å². The molecule has 1 aromatic carbocycles. The maximum atomic E-state index is 12.8. The van der Waals surface area contributed by atoms with Gasteiger partial charge in [0, 0.05) is 38.2 Å². The first-order valence-electron chi connectivity index (χ1n) is 10.4. The van der Waals surface area contributed by atoms with Crippen LogP contribution in [0.15, 0.2) is 30.3 Å². The summed E-state index contributed by atoms with van der Waals surface area (Å²) in [5, 5.41) is 16.2. The van der Waals surface area contributed by atoms with Crippen LogP contribution in [0.25, 0.3) is 5.65 Å². The average molecular weight is 423 g/mol. The number of nitrogens with one attached hydrogen (secondary N) is 1. The maximum Gasteiger partial charge on any atom is 0.322 e. The van der Waals surface area contributed by atoms with Crippen molar-refractivity contribution >= 4 is 23.2 Å². The molecule has 5 rings (SSSR count). The Kier molecular flexibility index (Phi) is 4.97. The van der Waals surface area contributed by atoms with Gasteiger partial charge in [0.15, 0.2) is 11.5 Å². The van der Waals surface area contributed by atoms with Gasteiger partial charge in [-0.2, -0.15) is 4.52 Å². The average Bonchev–Trinajstić information content (AvgIpc) is 3.57. The zero-order chi connectivity index (χ0) is 21.4. The van der Waals surface area contributed by atoms with Crippen molar-refractivity contribution in [2.45, 2.75) is 18.8 Å². The lowest BCUT2D eigenvalue weighted by atomic mass is 10.2. The fourth-order valence-electron chi connectivity index (χ4n) is 3.80. The van der Waals surface area contributed by atoms with E-state index in [1.807, 2.05) is 16.6 Å². The highest BCUT2D eigenvalue weighted by molar-refractivity contribution is 5.91. The number of anilines is 2. The third-order valence-electron chi connectivity index (χ3n) is 5.76. The van der Waals surface area contributed by atoms with Crippen molar-refractivity contribution in [1.82, 2.24) is 24.7 Å². The van der Waals surface area contributed by atoms with Gasteiger partial charge in [-0.25, -0.2) is 4.79 Å². The molecule has 2 fully saturated rings. The van der Waals surface area contributed by atoms with Crippen molar-refractivity contribution in [2.24, 2.45) is 0 Å². The van der Waals surface area contributed by atoms with Gasteiger partial charge < -0.3 is 24.6 Å². The molecule has 2 aromatic heterocycles. The standard InChI is InChI=1S/C21H25N7O3/c1-30-15-5-6-16(17(13-15)31-2)22-21(29)27-11-9-26(10-12-27)19-8-7-18-23-24-20(14-3-4-14)28(18)25-19/h5-8,13-14H,3-4,9-12H2,1-2H3,(H,22,29). The third-order valence-corrected chi connectivity index (χ3v) is 5.76. The predicted octanol–water partition coefficient (Wildman–Crippen LogP) is 2.37. The molecule has 0 spiro atoms. The van der Waals surface area contributed by atoms with Gasteiger partial charge in [-0.3, -0.25) is 0 Å². The number of carbonyl (C=O) groups is 1. The van der Waals surface area contributed by atoms with Gasteiger partial charge in [0.1, 0.15) is 17.3 Å². The molecule has 1 N–H and O–H groups in total. The van der Waals surface area contributed by atoms with Gasteiger partial charge in [-0.15, -0.1) is 15.3 Å². The summed E-state index contributed by atoms with van der Waals surface area (Å²) in [5.74, 6) is 3.54. The Bertz CT molecular complexity index is 1100. The lowest BCUT2D eigenvalue weighted by Crippen LogP contribution is -2.50. The van der Waals surface area contributed by atoms with Crippen LogP contribution in [0.4, 0.5) is 16.3 Å². The van der Waals surface area contributed by atoms with Crippen molar-refractivity contribution < 1.29 is 14.3 Å². The molecular formula is C21H25N7O3. The zero-order valence-corrected chi connectivity index (χ0v) is 17.6. The quantitative estimate of drug-likeness (QED) is 0.673. The van der Waals surface area contributed by atoms with E-state index in [0.29, 0.717) is 49.3 Å². The number of nitrogens with zero attached hydrogens (tertiary/aromatic N) is 6. The minimum Gasteiger partial charge on any atom is -0.497 e. The first kappa shape index (κ1) is 19.4. The number of aromatic nitrogens is 4. The lowest BCUT2D eigenvalue weighted by molar-refractivity contribution is 0.208. The van der Waals surface area contributed by atoms with E-state index >= 15 is 0 Å². The molecular weight excluding hydrogens is 398 g/mol. The normalized spacial score (nSPS) is 16.5. The van der Waals surface area contributed by atoms with Gasteiger partial charge in [0.2, 0.25) is 0 Å². The molecule has 3 aromatic rings. The largest absolute Gasteiger partial charge is 0.497 e. The Hall–Kier alpha value is -3.56. The summed E-state index contributed by atoms with van der Waals surface area (Å²) in [4.78, 5) is 16.8. The van der Waals surface area contributed by atoms with Crippen LogP contribution in [-0.4, -0.2) is 71.1 Å². The number of amides is 2. The Balaban J connectivity index is 1.24. The molecule has 1 saturated heterocycles. The van der Waals surface area contributed by atoms with Crippen molar-refractivity contribution in [3.63, 3.8) is 0 Å². The van der Waals surface area contributed by atoms with E-state index in [0.717, 1.165) is 30.1 Å². The highest BCUT2D eigenvalue weighted by Gasteiger charge is 2.30. The monoisotopic (exact) mass is 423 g/mol. The maximum absolute atomic E-state index is 12.8. The highest BCUT2D eigenvalue weighted by atomic mass is 16.5. The van der Waals surface area contributed by atoms with E-state index in [2.05, 4.69) is 20.4 Å². The molecule has 1 aliphatic carbocycles. The van der Waals surface area contributed by atoms with Crippen LogP contribution < -0.4 is 19.7 Å². The van der Waals surface area contributed by atoms with E-state index in [1.165, 1.54) is 0 Å². The molecule has 10 nitrogen and oxygen atoms in total. The summed E-state index contributed by atoms with van der Waals surface area (Å²) in [6.07, 6.45) is 2.30. The molecule has 0 bridgehead atoms. The van der Waals surface area contributed by atoms with Gasteiger partial charge in [-0.1, -0.05) is 0 Å². The summed E-state index contributed by atoms with van der Waals surface area (Å²) >= 11 is 0. The second-order valence-electron chi connectivity index (χ2n) is 7.76. The van der Waals surface area contributed by atoms with Crippen molar-refractivity contribution in [2.75, 3.05) is 50.6 Å². The second-order valence-corrected chi connectivity index (χ2v) is 7.76. The number of rotatable bonds is 5. The van der Waals surface area contributed by atoms with Crippen molar-refractivity contribution in [3.8, 4) is 11.5 Å². The van der Waals surface area contributed by atoms with Crippen LogP contribution in [-0.2, 0) is 0 Å². The summed E-state index contributed by atoms with van der Waals surface area (Å²) < 4.78 is 12.4. The number of hydrogen-bond acceptors (Lipinski definition) is 7. The molecule has 2 aliphatic rings. The minimum absolute atomic E-state index is 0.152.